The zero-order valence-corrected chi connectivity index (χ0v) is 15.0. The van der Waals surface area contributed by atoms with Crippen LogP contribution in [0.15, 0.2) is 65.7 Å². The lowest BCUT2D eigenvalue weighted by Gasteiger charge is -2.34. The fourth-order valence-corrected chi connectivity index (χ4v) is 3.67. The molecule has 0 amide bonds. The first kappa shape index (κ1) is 16.1. The normalized spacial score (nSPS) is 19.7. The molecule has 134 valence electrons. The van der Waals surface area contributed by atoms with Crippen LogP contribution in [-0.2, 0) is 16.0 Å². The van der Waals surface area contributed by atoms with Crippen LogP contribution in [0.1, 0.15) is 5.56 Å². The zero-order chi connectivity index (χ0) is 18.4. The minimum Gasteiger partial charge on any atom is -0.456 e. The number of benzene rings is 3. The summed E-state index contributed by atoms with van der Waals surface area (Å²) >= 11 is 5.66. The van der Waals surface area contributed by atoms with Crippen LogP contribution in [0.3, 0.4) is 0 Å². The number of aliphatic imine (C=N–C) groups is 1. The molecule has 1 N–H and O–H groups in total. The van der Waals surface area contributed by atoms with E-state index in [2.05, 4.69) is 5.32 Å². The number of esters is 1. The van der Waals surface area contributed by atoms with Crippen LogP contribution in [0, 0.1) is 0 Å². The summed E-state index contributed by atoms with van der Waals surface area (Å²) in [4.78, 5) is 16.7. The van der Waals surface area contributed by atoms with Crippen molar-refractivity contribution in [3.8, 4) is 5.75 Å². The van der Waals surface area contributed by atoms with Crippen molar-refractivity contribution in [3.05, 3.63) is 66.2 Å². The number of carbonyl (C=O) groups excluding carboxylic acids is 1. The topological polar surface area (TPSA) is 59.9 Å². The van der Waals surface area contributed by atoms with E-state index in [4.69, 9.17) is 26.1 Å². The number of para-hydroxylation sites is 1. The number of anilines is 1. The first-order chi connectivity index (χ1) is 13.2. The Morgan fingerprint density at radius 2 is 1.96 bits per heavy atom. The number of hydrogen-bond donors (Lipinski definition) is 1. The Morgan fingerprint density at radius 1 is 1.15 bits per heavy atom. The summed E-state index contributed by atoms with van der Waals surface area (Å²) in [6, 6.07) is 19.6. The third-order valence-corrected chi connectivity index (χ3v) is 5.04. The number of nitrogens with zero attached hydrogens (tertiary/aromatic N) is 1. The molecule has 1 spiro atoms. The molecule has 1 unspecified atom stereocenters. The number of ether oxygens (including phenoxy) is 2. The monoisotopic (exact) mass is 378 g/mol. The highest BCUT2D eigenvalue weighted by molar-refractivity contribution is 6.27. The Morgan fingerprint density at radius 3 is 2.81 bits per heavy atom. The highest BCUT2D eigenvalue weighted by Crippen LogP contribution is 2.45. The lowest BCUT2D eigenvalue weighted by molar-refractivity contribution is -0.133. The lowest BCUT2D eigenvalue weighted by Crippen LogP contribution is -2.53. The van der Waals surface area contributed by atoms with Crippen molar-refractivity contribution in [2.24, 2.45) is 4.99 Å². The van der Waals surface area contributed by atoms with E-state index in [9.17, 15) is 4.79 Å². The van der Waals surface area contributed by atoms with Gasteiger partial charge in [-0.1, -0.05) is 48.5 Å². The van der Waals surface area contributed by atoms with Gasteiger partial charge in [-0.2, -0.15) is 0 Å². The molecule has 2 aliphatic heterocycles. The van der Waals surface area contributed by atoms with Crippen molar-refractivity contribution in [2.75, 3.05) is 11.2 Å². The number of carbonyl (C=O) groups is 1. The summed E-state index contributed by atoms with van der Waals surface area (Å²) in [5, 5.41) is 5.31. The van der Waals surface area contributed by atoms with Gasteiger partial charge in [0.2, 0.25) is 0 Å². The van der Waals surface area contributed by atoms with Crippen molar-refractivity contribution in [1.29, 1.82) is 0 Å². The van der Waals surface area contributed by atoms with Gasteiger partial charge < -0.3 is 14.8 Å². The molecule has 2 heterocycles. The number of nitrogens with one attached hydrogen (secondary N) is 1. The number of hydrogen-bond acceptors (Lipinski definition) is 5. The van der Waals surface area contributed by atoms with E-state index >= 15 is 0 Å². The predicted octanol–water partition coefficient (Wildman–Crippen LogP) is 4.41. The Balaban J connectivity index is 1.67. The molecule has 3 aromatic rings. The molecule has 27 heavy (non-hydrogen) atoms. The number of halogens is 1. The van der Waals surface area contributed by atoms with Crippen molar-refractivity contribution in [2.45, 2.75) is 12.1 Å². The Labute approximate surface area is 160 Å². The maximum atomic E-state index is 12.0. The third kappa shape index (κ3) is 2.54. The van der Waals surface area contributed by atoms with E-state index in [-0.39, 0.29) is 11.8 Å². The van der Waals surface area contributed by atoms with Crippen molar-refractivity contribution < 1.29 is 14.3 Å². The van der Waals surface area contributed by atoms with Gasteiger partial charge in [-0.25, -0.2) is 4.99 Å². The van der Waals surface area contributed by atoms with Crippen LogP contribution in [-0.4, -0.2) is 23.5 Å². The van der Waals surface area contributed by atoms with Gasteiger partial charge in [0.05, 0.1) is 0 Å². The molecule has 3 aromatic carbocycles. The molecule has 0 saturated carbocycles. The number of rotatable bonds is 1. The van der Waals surface area contributed by atoms with Gasteiger partial charge in [-0.05, 0) is 23.1 Å². The maximum absolute atomic E-state index is 12.0. The Bertz CT molecular complexity index is 1080. The highest BCUT2D eigenvalue weighted by atomic mass is 35.5. The molecular formula is C21H15ClN2O3. The van der Waals surface area contributed by atoms with Crippen molar-refractivity contribution in [1.82, 2.24) is 0 Å². The number of alkyl halides is 1. The smallest absolute Gasteiger partial charge is 0.327 e. The van der Waals surface area contributed by atoms with Gasteiger partial charge in [0.1, 0.15) is 17.3 Å². The average Bonchev–Trinajstić information content (AvgIpc) is 3.07. The van der Waals surface area contributed by atoms with E-state index in [1.165, 1.54) is 0 Å². The predicted molar refractivity (Wildman–Crippen MR) is 105 cm³/mol. The van der Waals surface area contributed by atoms with Crippen LogP contribution in [0.25, 0.3) is 10.8 Å². The molecule has 0 fully saturated rings. The van der Waals surface area contributed by atoms with E-state index in [0.717, 1.165) is 22.0 Å². The van der Waals surface area contributed by atoms with Gasteiger partial charge in [0, 0.05) is 17.5 Å². The van der Waals surface area contributed by atoms with E-state index in [1.807, 2.05) is 60.7 Å². The molecule has 0 saturated heterocycles. The van der Waals surface area contributed by atoms with E-state index < -0.39 is 11.7 Å². The van der Waals surface area contributed by atoms with Crippen molar-refractivity contribution in [3.63, 3.8) is 0 Å². The first-order valence-electron chi connectivity index (χ1n) is 8.61. The van der Waals surface area contributed by atoms with Gasteiger partial charge in [-0.3, -0.25) is 4.79 Å². The third-order valence-electron chi connectivity index (χ3n) is 4.82. The second kappa shape index (κ2) is 5.99. The summed E-state index contributed by atoms with van der Waals surface area (Å²) in [5.41, 5.74) is 1.57. The fraction of sp³-hybridized carbons (Fsp3) is 0.143. The molecule has 0 bridgehead atoms. The fourth-order valence-electron chi connectivity index (χ4n) is 3.61. The molecule has 6 heteroatoms. The number of fused-ring (bicyclic) bond motifs is 4. The van der Waals surface area contributed by atoms with Crippen LogP contribution >= 0.6 is 11.6 Å². The average molecular weight is 379 g/mol. The molecule has 5 rings (SSSR count). The van der Waals surface area contributed by atoms with Crippen LogP contribution in [0.2, 0.25) is 0 Å². The minimum atomic E-state index is -1.07. The van der Waals surface area contributed by atoms with Crippen LogP contribution in [0.5, 0.6) is 5.75 Å². The minimum absolute atomic E-state index is 0.174. The van der Waals surface area contributed by atoms with Gasteiger partial charge >= 0.3 is 5.97 Å². The van der Waals surface area contributed by atoms with Crippen LogP contribution in [0.4, 0.5) is 11.4 Å². The lowest BCUT2D eigenvalue weighted by atomic mass is 10.0. The summed E-state index contributed by atoms with van der Waals surface area (Å²) < 4.78 is 11.9. The standard InChI is InChI=1S/C21H15ClN2O3/c22-12-18(25)26-20-21(11-14-6-2-4-8-16(14)24-21)27-17-10-9-13-5-1-3-7-15(13)19(17)23-20/h1-10,24H,11-12H2. The quantitative estimate of drug-likeness (QED) is 0.503. The highest BCUT2D eigenvalue weighted by Gasteiger charge is 2.49. The molecule has 1 atom stereocenters. The summed E-state index contributed by atoms with van der Waals surface area (Å²) in [5.74, 6) is -0.0162. The molecule has 5 nitrogen and oxygen atoms in total. The summed E-state index contributed by atoms with van der Waals surface area (Å²) in [7, 11) is 0. The molecule has 0 radical (unpaired) electrons. The maximum Gasteiger partial charge on any atom is 0.327 e. The zero-order valence-electron chi connectivity index (χ0n) is 14.2. The van der Waals surface area contributed by atoms with Crippen molar-refractivity contribution >= 4 is 45.6 Å². The van der Waals surface area contributed by atoms with E-state index in [1.54, 1.807) is 0 Å². The van der Waals surface area contributed by atoms with Gasteiger partial charge in [0.25, 0.3) is 11.6 Å². The second-order valence-corrected chi connectivity index (χ2v) is 6.81. The van der Waals surface area contributed by atoms with Gasteiger partial charge in [-0.15, -0.1) is 11.6 Å². The second-order valence-electron chi connectivity index (χ2n) is 6.55. The first-order valence-corrected chi connectivity index (χ1v) is 9.15. The Hall–Kier alpha value is -3.05. The molecule has 0 aromatic heterocycles. The summed E-state index contributed by atoms with van der Waals surface area (Å²) in [6.45, 7) is 0. The van der Waals surface area contributed by atoms with E-state index in [0.29, 0.717) is 17.9 Å². The molecule has 2 aliphatic rings. The summed E-state index contributed by atoms with van der Waals surface area (Å²) in [6.07, 6.45) is 0.490. The molecule has 0 aliphatic carbocycles. The Kier molecular flexibility index (Phi) is 3.58. The SMILES string of the molecule is O=C(CCl)OC1=Nc2c(ccc3ccccc23)OC12Cc1ccccc1N2. The molecular weight excluding hydrogens is 364 g/mol. The van der Waals surface area contributed by atoms with Gasteiger partial charge in [0.15, 0.2) is 0 Å². The van der Waals surface area contributed by atoms with Crippen LogP contribution < -0.4 is 10.1 Å². The largest absolute Gasteiger partial charge is 0.456 e.